The molecule has 0 aliphatic carbocycles. The lowest BCUT2D eigenvalue weighted by atomic mass is 10.1. The summed E-state index contributed by atoms with van der Waals surface area (Å²) in [6, 6.07) is 9.79. The van der Waals surface area contributed by atoms with Crippen LogP contribution in [0.25, 0.3) is 0 Å². The van der Waals surface area contributed by atoms with Crippen LogP contribution in [0, 0.1) is 26.2 Å². The molecule has 1 aromatic rings. The number of amides is 1. The van der Waals surface area contributed by atoms with Gasteiger partial charge in [-0.15, -0.1) is 0 Å². The zero-order chi connectivity index (χ0) is 11.3. The summed E-state index contributed by atoms with van der Waals surface area (Å²) >= 11 is 0. The molecule has 0 fully saturated rings. The van der Waals surface area contributed by atoms with Crippen molar-refractivity contribution in [2.45, 2.75) is 13.0 Å². The van der Waals surface area contributed by atoms with Gasteiger partial charge in [-0.3, -0.25) is 4.79 Å². The number of benzene rings is 1. The van der Waals surface area contributed by atoms with E-state index in [0.717, 1.165) is 5.56 Å². The van der Waals surface area contributed by atoms with Gasteiger partial charge in [0.1, 0.15) is 0 Å². The highest BCUT2D eigenvalue weighted by Crippen LogP contribution is 2.11. The van der Waals surface area contributed by atoms with Gasteiger partial charge in [-0.25, -0.2) is 0 Å². The first-order chi connectivity index (χ1) is 7.09. The van der Waals surface area contributed by atoms with Gasteiger partial charge in [-0.2, -0.15) is 0 Å². The van der Waals surface area contributed by atoms with Crippen molar-refractivity contribution in [3.05, 3.63) is 62.1 Å². The van der Waals surface area contributed by atoms with E-state index in [9.17, 15) is 4.79 Å². The third kappa shape index (κ3) is 4.15. The summed E-state index contributed by atoms with van der Waals surface area (Å²) in [6.07, 6.45) is 1.39. The minimum absolute atomic E-state index is 0.00528. The molecule has 78 valence electrons. The standard InChI is InChI=1S/C13H15NO/c1-10(2)9-13(15)14-11(3)12-7-5-4-6-8-12/h4-9,11H,1-2H2,3H3,(H,14,15)/t11-/m1/s1. The van der Waals surface area contributed by atoms with Gasteiger partial charge in [0.25, 0.3) is 0 Å². The first-order valence-corrected chi connectivity index (χ1v) is 4.80. The first kappa shape index (κ1) is 11.8. The Kier molecular flexibility index (Phi) is 4.35. The van der Waals surface area contributed by atoms with E-state index < -0.39 is 0 Å². The molecule has 4 radical (unpaired) electrons. The molecular formula is C13H15NO. The third-order valence-electron chi connectivity index (χ3n) is 1.99. The van der Waals surface area contributed by atoms with Crippen molar-refractivity contribution in [1.29, 1.82) is 0 Å². The Morgan fingerprint density at radius 3 is 2.47 bits per heavy atom. The van der Waals surface area contributed by atoms with E-state index in [2.05, 4.69) is 19.2 Å². The van der Waals surface area contributed by atoms with Crippen LogP contribution in [0.1, 0.15) is 18.5 Å². The topological polar surface area (TPSA) is 29.1 Å². The largest absolute Gasteiger partial charge is 0.349 e. The molecule has 0 heterocycles. The number of rotatable bonds is 4. The van der Waals surface area contributed by atoms with Gasteiger partial charge in [0.2, 0.25) is 5.91 Å². The van der Waals surface area contributed by atoms with E-state index in [1.807, 2.05) is 37.3 Å². The minimum atomic E-state index is -0.161. The molecular weight excluding hydrogens is 186 g/mol. The van der Waals surface area contributed by atoms with Crippen LogP contribution < -0.4 is 5.32 Å². The molecule has 0 aliphatic heterocycles. The van der Waals surface area contributed by atoms with Crippen molar-refractivity contribution in [2.24, 2.45) is 0 Å². The fourth-order valence-electron chi connectivity index (χ4n) is 1.27. The van der Waals surface area contributed by atoms with E-state index in [4.69, 9.17) is 0 Å². The van der Waals surface area contributed by atoms with Crippen LogP contribution in [0.4, 0.5) is 0 Å². The molecule has 1 rings (SSSR count). The van der Waals surface area contributed by atoms with Gasteiger partial charge >= 0.3 is 0 Å². The quantitative estimate of drug-likeness (QED) is 0.795. The lowest BCUT2D eigenvalue weighted by Crippen LogP contribution is -2.27. The van der Waals surface area contributed by atoms with Crippen LogP contribution in [-0.2, 0) is 4.79 Å². The van der Waals surface area contributed by atoms with Crippen molar-refractivity contribution in [2.75, 3.05) is 0 Å². The van der Waals surface area contributed by atoms with Crippen LogP contribution >= 0.6 is 0 Å². The van der Waals surface area contributed by atoms with Gasteiger partial charge in [0.05, 0.1) is 12.5 Å². The van der Waals surface area contributed by atoms with E-state index in [1.165, 1.54) is 6.42 Å². The molecule has 0 saturated heterocycles. The van der Waals surface area contributed by atoms with Crippen molar-refractivity contribution in [1.82, 2.24) is 5.32 Å². The van der Waals surface area contributed by atoms with E-state index >= 15 is 0 Å². The summed E-state index contributed by atoms with van der Waals surface area (Å²) in [5.41, 5.74) is 1.08. The highest BCUT2D eigenvalue weighted by molar-refractivity contribution is 5.88. The number of carbonyl (C=O) groups excluding carboxylic acids is 1. The highest BCUT2D eigenvalue weighted by Gasteiger charge is 2.10. The van der Waals surface area contributed by atoms with Crippen molar-refractivity contribution in [3.63, 3.8) is 0 Å². The Morgan fingerprint density at radius 2 is 1.93 bits per heavy atom. The van der Waals surface area contributed by atoms with Crippen LogP contribution in [0.15, 0.2) is 30.3 Å². The fourth-order valence-corrected chi connectivity index (χ4v) is 1.27. The second-order valence-electron chi connectivity index (χ2n) is 3.44. The summed E-state index contributed by atoms with van der Waals surface area (Å²) in [6.45, 7) is 9.03. The van der Waals surface area contributed by atoms with Gasteiger partial charge in [0, 0.05) is 0 Å². The van der Waals surface area contributed by atoms with Gasteiger partial charge < -0.3 is 5.32 Å². The Labute approximate surface area is 91.7 Å². The number of hydrogen-bond donors (Lipinski definition) is 1. The zero-order valence-corrected chi connectivity index (χ0v) is 8.86. The number of nitrogens with one attached hydrogen (secondary N) is 1. The number of hydrogen-bond acceptors (Lipinski definition) is 1. The maximum absolute atomic E-state index is 11.4. The summed E-state index contributed by atoms with van der Waals surface area (Å²) in [7, 11) is 0. The van der Waals surface area contributed by atoms with Gasteiger partial charge in [-0.1, -0.05) is 30.3 Å². The molecule has 0 spiro atoms. The lowest BCUT2D eigenvalue weighted by Gasteiger charge is -2.14. The maximum atomic E-state index is 11.4. The zero-order valence-electron chi connectivity index (χ0n) is 8.86. The fraction of sp³-hybridized carbons (Fsp3) is 0.154. The Bertz CT molecular complexity index is 306. The van der Waals surface area contributed by atoms with E-state index in [-0.39, 0.29) is 11.9 Å². The molecule has 2 heteroatoms. The smallest absolute Gasteiger partial charge is 0.224 e. The summed E-state index contributed by atoms with van der Waals surface area (Å²) in [5.74, 6) is 0.346. The van der Waals surface area contributed by atoms with E-state index in [1.54, 1.807) is 0 Å². The average Bonchev–Trinajstić information content (AvgIpc) is 2.17. The second kappa shape index (κ2) is 5.54. The normalized spacial score (nSPS) is 12.5. The van der Waals surface area contributed by atoms with Gasteiger partial charge in [0.15, 0.2) is 0 Å². The molecule has 1 atom stereocenters. The van der Waals surface area contributed by atoms with Crippen LogP contribution in [-0.4, -0.2) is 5.91 Å². The average molecular weight is 201 g/mol. The molecule has 1 amide bonds. The Hall–Kier alpha value is -1.31. The third-order valence-corrected chi connectivity index (χ3v) is 1.99. The molecule has 0 aliphatic rings. The molecule has 0 aromatic heterocycles. The van der Waals surface area contributed by atoms with Crippen LogP contribution in [0.3, 0.4) is 0 Å². The molecule has 2 nitrogen and oxygen atoms in total. The summed E-state index contributed by atoms with van der Waals surface area (Å²) in [4.78, 5) is 11.4. The second-order valence-corrected chi connectivity index (χ2v) is 3.44. The monoisotopic (exact) mass is 201 g/mol. The maximum Gasteiger partial charge on any atom is 0.224 e. The van der Waals surface area contributed by atoms with Gasteiger partial charge in [-0.05, 0) is 32.3 Å². The SMILES string of the molecule is [CH2][C]([CH2])[CH]C(=O)N[C@H](C)c1ccccc1. The van der Waals surface area contributed by atoms with Crippen molar-refractivity contribution in [3.8, 4) is 0 Å². The summed E-state index contributed by atoms with van der Waals surface area (Å²) < 4.78 is 0. The molecule has 1 N–H and O–H groups in total. The van der Waals surface area contributed by atoms with Crippen molar-refractivity contribution < 1.29 is 4.79 Å². The Balaban J connectivity index is 2.49. The number of carbonyl (C=O) groups is 1. The molecule has 0 saturated carbocycles. The van der Waals surface area contributed by atoms with Crippen molar-refractivity contribution >= 4 is 5.91 Å². The Morgan fingerprint density at radius 1 is 1.33 bits per heavy atom. The molecule has 0 unspecified atom stereocenters. The van der Waals surface area contributed by atoms with Crippen LogP contribution in [0.5, 0.6) is 0 Å². The summed E-state index contributed by atoms with van der Waals surface area (Å²) in [5, 5.41) is 2.83. The molecule has 15 heavy (non-hydrogen) atoms. The first-order valence-electron chi connectivity index (χ1n) is 4.80. The van der Waals surface area contributed by atoms with E-state index in [0.29, 0.717) is 5.92 Å². The lowest BCUT2D eigenvalue weighted by molar-refractivity contribution is -0.118. The predicted octanol–water partition coefficient (Wildman–Crippen LogP) is 2.31. The van der Waals surface area contributed by atoms with Crippen LogP contribution in [0.2, 0.25) is 0 Å². The minimum Gasteiger partial charge on any atom is -0.349 e. The molecule has 1 aromatic carbocycles. The highest BCUT2D eigenvalue weighted by atomic mass is 16.1. The molecule has 0 bridgehead atoms. The predicted molar refractivity (Wildman–Crippen MR) is 61.3 cm³/mol.